The second kappa shape index (κ2) is 5.46. The molecule has 0 radical (unpaired) electrons. The number of rotatable bonds is 4. The van der Waals surface area contributed by atoms with Crippen molar-refractivity contribution in [2.24, 2.45) is 5.92 Å². The minimum Gasteiger partial charge on any atom is -0.346 e. The number of carbonyl (C=O) groups excluding carboxylic acids is 2. The van der Waals surface area contributed by atoms with Crippen LogP contribution in [0, 0.1) is 5.92 Å². The summed E-state index contributed by atoms with van der Waals surface area (Å²) < 4.78 is 1.53. The fourth-order valence-electron chi connectivity index (χ4n) is 2.12. The molecule has 1 unspecified atom stereocenters. The topological polar surface area (TPSA) is 88.9 Å². The van der Waals surface area contributed by atoms with E-state index < -0.39 is 0 Å². The van der Waals surface area contributed by atoms with Gasteiger partial charge in [0.2, 0.25) is 0 Å². The highest BCUT2D eigenvalue weighted by Gasteiger charge is 2.34. The van der Waals surface area contributed by atoms with Gasteiger partial charge in [-0.15, -0.1) is 5.10 Å². The molecular formula is C14H23N5O2. The van der Waals surface area contributed by atoms with Crippen molar-refractivity contribution in [3.63, 3.8) is 0 Å². The predicted molar refractivity (Wildman–Crippen MR) is 78.0 cm³/mol. The predicted octanol–water partition coefficient (Wildman–Crippen LogP) is 0.964. The van der Waals surface area contributed by atoms with E-state index in [0.717, 1.165) is 6.42 Å². The van der Waals surface area contributed by atoms with Crippen LogP contribution in [-0.2, 0) is 6.54 Å². The fourth-order valence-corrected chi connectivity index (χ4v) is 2.12. The molecule has 1 aromatic heterocycles. The number of hydrogen-bond acceptors (Lipinski definition) is 4. The fraction of sp³-hybridized carbons (Fsp3) is 0.714. The molecule has 0 fully saturated rings. The molecule has 0 aromatic carbocycles. The van der Waals surface area contributed by atoms with Crippen molar-refractivity contribution < 1.29 is 9.59 Å². The van der Waals surface area contributed by atoms with Crippen LogP contribution in [0.15, 0.2) is 0 Å². The zero-order valence-corrected chi connectivity index (χ0v) is 13.2. The number of nitrogens with zero attached hydrogens (tertiary/aromatic N) is 3. The Hall–Kier alpha value is -1.92. The van der Waals surface area contributed by atoms with E-state index in [0.29, 0.717) is 12.5 Å². The third-order valence-corrected chi connectivity index (χ3v) is 3.99. The monoisotopic (exact) mass is 293 g/mol. The van der Waals surface area contributed by atoms with Crippen LogP contribution in [0.5, 0.6) is 0 Å². The lowest BCUT2D eigenvalue weighted by atomic mass is 10.0. The van der Waals surface area contributed by atoms with E-state index in [1.54, 1.807) is 0 Å². The summed E-state index contributed by atoms with van der Waals surface area (Å²) in [7, 11) is 0. The van der Waals surface area contributed by atoms with Gasteiger partial charge in [0, 0.05) is 5.54 Å². The van der Waals surface area contributed by atoms with Crippen LogP contribution >= 0.6 is 0 Å². The highest BCUT2D eigenvalue weighted by atomic mass is 16.2. The Morgan fingerprint density at radius 3 is 2.76 bits per heavy atom. The molecule has 2 heterocycles. The molecule has 1 aliphatic rings. The summed E-state index contributed by atoms with van der Waals surface area (Å²) in [6.07, 6.45) is 0.782. The Morgan fingerprint density at radius 1 is 1.52 bits per heavy atom. The molecule has 0 bridgehead atoms. The maximum atomic E-state index is 12.3. The molecule has 0 saturated heterocycles. The van der Waals surface area contributed by atoms with Gasteiger partial charge in [-0.25, -0.2) is 4.68 Å². The van der Waals surface area contributed by atoms with E-state index in [1.165, 1.54) is 4.68 Å². The summed E-state index contributed by atoms with van der Waals surface area (Å²) in [6, 6.07) is 0.00898. The summed E-state index contributed by atoms with van der Waals surface area (Å²) >= 11 is 0. The van der Waals surface area contributed by atoms with Crippen LogP contribution in [0.1, 0.15) is 62.0 Å². The maximum absolute atomic E-state index is 12.3. The van der Waals surface area contributed by atoms with Gasteiger partial charge >= 0.3 is 0 Å². The normalized spacial score (nSPS) is 18.4. The number of hydrogen-bond donors (Lipinski definition) is 2. The van der Waals surface area contributed by atoms with Crippen molar-refractivity contribution in [1.29, 1.82) is 0 Å². The van der Waals surface area contributed by atoms with Gasteiger partial charge in [-0.2, -0.15) is 0 Å². The first-order chi connectivity index (χ1) is 9.75. The van der Waals surface area contributed by atoms with E-state index in [4.69, 9.17) is 0 Å². The first kappa shape index (κ1) is 15.5. The summed E-state index contributed by atoms with van der Waals surface area (Å²) in [5, 5.41) is 13.7. The Morgan fingerprint density at radius 2 is 2.19 bits per heavy atom. The van der Waals surface area contributed by atoms with Crippen LogP contribution in [-0.4, -0.2) is 38.4 Å². The Balaban J connectivity index is 2.26. The molecule has 116 valence electrons. The third-order valence-electron chi connectivity index (χ3n) is 3.99. The molecule has 1 aromatic rings. The van der Waals surface area contributed by atoms with Crippen LogP contribution in [0.2, 0.25) is 0 Å². The lowest BCUT2D eigenvalue weighted by Crippen LogP contribution is -2.48. The number of carbonyl (C=O) groups is 2. The first-order valence-electron chi connectivity index (χ1n) is 7.32. The highest BCUT2D eigenvalue weighted by molar-refractivity contribution is 6.05. The molecule has 0 saturated carbocycles. The van der Waals surface area contributed by atoms with Gasteiger partial charge in [0.25, 0.3) is 11.8 Å². The van der Waals surface area contributed by atoms with Crippen LogP contribution in [0.25, 0.3) is 0 Å². The number of aromatic nitrogens is 3. The van der Waals surface area contributed by atoms with Crippen molar-refractivity contribution in [3.05, 3.63) is 11.4 Å². The second-order valence-electron chi connectivity index (χ2n) is 6.48. The molecule has 1 aliphatic heterocycles. The second-order valence-corrected chi connectivity index (χ2v) is 6.48. The Kier molecular flexibility index (Phi) is 4.02. The molecule has 1 atom stereocenters. The van der Waals surface area contributed by atoms with E-state index in [9.17, 15) is 9.59 Å². The first-order valence-corrected chi connectivity index (χ1v) is 7.32. The van der Waals surface area contributed by atoms with Crippen molar-refractivity contribution in [2.45, 2.75) is 59.2 Å². The Bertz CT molecular complexity index is 562. The molecule has 7 nitrogen and oxygen atoms in total. The lowest BCUT2D eigenvalue weighted by Gasteiger charge is -2.27. The molecule has 0 spiro atoms. The van der Waals surface area contributed by atoms with E-state index in [1.807, 2.05) is 34.6 Å². The van der Waals surface area contributed by atoms with Gasteiger partial charge < -0.3 is 10.6 Å². The number of fused-ring (bicyclic) bond motifs is 1. The summed E-state index contributed by atoms with van der Waals surface area (Å²) in [5.74, 6) is -0.353. The van der Waals surface area contributed by atoms with Crippen molar-refractivity contribution >= 4 is 11.8 Å². The molecule has 0 aliphatic carbocycles. The quantitative estimate of drug-likeness (QED) is 0.865. The maximum Gasteiger partial charge on any atom is 0.274 e. The van der Waals surface area contributed by atoms with Gasteiger partial charge in [-0.3, -0.25) is 9.59 Å². The van der Waals surface area contributed by atoms with Gasteiger partial charge in [0.15, 0.2) is 11.4 Å². The van der Waals surface area contributed by atoms with Crippen molar-refractivity contribution in [1.82, 2.24) is 25.6 Å². The van der Waals surface area contributed by atoms with Gasteiger partial charge in [-0.05, 0) is 26.2 Å². The summed E-state index contributed by atoms with van der Waals surface area (Å²) in [5.41, 5.74) is -0.00771. The smallest absolute Gasteiger partial charge is 0.274 e. The molecular weight excluding hydrogens is 270 g/mol. The van der Waals surface area contributed by atoms with E-state index in [-0.39, 0.29) is 34.8 Å². The van der Waals surface area contributed by atoms with Crippen LogP contribution in [0.3, 0.4) is 0 Å². The largest absolute Gasteiger partial charge is 0.346 e. The van der Waals surface area contributed by atoms with Crippen LogP contribution in [0.4, 0.5) is 0 Å². The van der Waals surface area contributed by atoms with Gasteiger partial charge in [0.05, 0.1) is 12.6 Å². The average molecular weight is 293 g/mol. The molecule has 2 amide bonds. The zero-order chi connectivity index (χ0) is 15.8. The summed E-state index contributed by atoms with van der Waals surface area (Å²) in [4.78, 5) is 24.5. The average Bonchev–Trinajstić information content (AvgIpc) is 2.82. The molecule has 21 heavy (non-hydrogen) atoms. The Labute approximate surface area is 124 Å². The number of nitrogens with one attached hydrogen (secondary N) is 2. The molecule has 2 rings (SSSR count). The zero-order valence-electron chi connectivity index (χ0n) is 13.2. The minimum absolute atomic E-state index is 0.00898. The molecule has 2 N–H and O–H groups in total. The van der Waals surface area contributed by atoms with Gasteiger partial charge in [-0.1, -0.05) is 26.0 Å². The molecule has 7 heteroatoms. The lowest BCUT2D eigenvalue weighted by molar-refractivity contribution is 0.0851. The van der Waals surface area contributed by atoms with Crippen LogP contribution < -0.4 is 10.6 Å². The number of amides is 2. The third kappa shape index (κ3) is 3.06. The van der Waals surface area contributed by atoms with Crippen molar-refractivity contribution in [3.8, 4) is 0 Å². The highest BCUT2D eigenvalue weighted by Crippen LogP contribution is 2.17. The van der Waals surface area contributed by atoms with E-state index >= 15 is 0 Å². The summed E-state index contributed by atoms with van der Waals surface area (Å²) in [6.45, 7) is 10.4. The SMILES string of the molecule is CCC(C)(C)NC(=O)c1nnn2c1C(=O)NC(C(C)C)C2. The standard InChI is InChI=1S/C14H23N5O2/c1-6-14(4,5)16-12(20)10-11-13(21)15-9(8(2)3)7-19(11)18-17-10/h8-9H,6-7H2,1-5H3,(H,15,21)(H,16,20). The van der Waals surface area contributed by atoms with E-state index in [2.05, 4.69) is 20.9 Å². The van der Waals surface area contributed by atoms with Gasteiger partial charge in [0.1, 0.15) is 0 Å². The van der Waals surface area contributed by atoms with Crippen molar-refractivity contribution in [2.75, 3.05) is 0 Å². The minimum atomic E-state index is -0.360.